The van der Waals surface area contributed by atoms with Crippen LogP contribution < -0.4 is 5.32 Å². The zero-order chi connectivity index (χ0) is 21.5. The molecule has 1 aromatic heterocycles. The third kappa shape index (κ3) is 5.53. The zero-order valence-corrected chi connectivity index (χ0v) is 17.0. The van der Waals surface area contributed by atoms with Crippen LogP contribution in [-0.2, 0) is 13.1 Å². The first-order chi connectivity index (χ1) is 14.5. The normalized spacial score (nSPS) is 10.6. The molecule has 7 heteroatoms. The highest BCUT2D eigenvalue weighted by atomic mass is 19.1. The number of hydrogen-bond acceptors (Lipinski definition) is 4. The van der Waals surface area contributed by atoms with Crippen molar-refractivity contribution in [2.45, 2.75) is 33.4 Å². The lowest BCUT2D eigenvalue weighted by molar-refractivity contribution is 0.0727. The SMILES string of the molecule is CCCN(Cc1cc(C(=O)NCc2ccc(C)cc2)no1)C(=O)c1ccc(F)cc1. The molecule has 0 atom stereocenters. The lowest BCUT2D eigenvalue weighted by Gasteiger charge is -2.20. The minimum absolute atomic E-state index is 0.155. The molecule has 1 N–H and O–H groups in total. The van der Waals surface area contributed by atoms with Crippen LogP contribution in [0.25, 0.3) is 0 Å². The molecule has 0 saturated carbocycles. The number of rotatable bonds is 8. The predicted molar refractivity (Wildman–Crippen MR) is 110 cm³/mol. The average Bonchev–Trinajstić information content (AvgIpc) is 3.21. The average molecular weight is 409 g/mol. The molecular weight excluding hydrogens is 385 g/mol. The van der Waals surface area contributed by atoms with Crippen molar-refractivity contribution in [2.75, 3.05) is 6.54 Å². The van der Waals surface area contributed by atoms with Crippen LogP contribution in [-0.4, -0.2) is 28.4 Å². The molecule has 0 radical (unpaired) electrons. The molecule has 0 bridgehead atoms. The van der Waals surface area contributed by atoms with Crippen LogP contribution >= 0.6 is 0 Å². The minimum Gasteiger partial charge on any atom is -0.359 e. The standard InChI is InChI=1S/C23H24FN3O3/c1-3-12-27(23(29)18-8-10-19(24)11-9-18)15-20-13-21(26-30-20)22(28)25-14-17-6-4-16(2)5-7-17/h4-11,13H,3,12,14-15H2,1-2H3,(H,25,28). The van der Waals surface area contributed by atoms with Crippen molar-refractivity contribution in [1.82, 2.24) is 15.4 Å². The van der Waals surface area contributed by atoms with Crippen molar-refractivity contribution in [3.8, 4) is 0 Å². The Labute approximate surface area is 174 Å². The Morgan fingerprint density at radius 2 is 1.80 bits per heavy atom. The van der Waals surface area contributed by atoms with Crippen LogP contribution in [0.15, 0.2) is 59.1 Å². The second-order valence-electron chi connectivity index (χ2n) is 7.08. The van der Waals surface area contributed by atoms with Gasteiger partial charge in [-0.1, -0.05) is 41.9 Å². The van der Waals surface area contributed by atoms with Gasteiger partial charge in [0.15, 0.2) is 11.5 Å². The van der Waals surface area contributed by atoms with Crippen molar-refractivity contribution in [3.05, 3.63) is 88.6 Å². The maximum Gasteiger partial charge on any atom is 0.273 e. The van der Waals surface area contributed by atoms with E-state index >= 15 is 0 Å². The summed E-state index contributed by atoms with van der Waals surface area (Å²) in [6.07, 6.45) is 0.741. The first kappa shape index (κ1) is 21.2. The Morgan fingerprint density at radius 3 is 2.47 bits per heavy atom. The van der Waals surface area contributed by atoms with E-state index in [0.29, 0.717) is 24.4 Å². The van der Waals surface area contributed by atoms with Crippen molar-refractivity contribution in [3.63, 3.8) is 0 Å². The Hall–Kier alpha value is -3.48. The third-order valence-electron chi connectivity index (χ3n) is 4.58. The van der Waals surface area contributed by atoms with Gasteiger partial charge in [0.1, 0.15) is 5.82 Å². The van der Waals surface area contributed by atoms with Gasteiger partial charge in [-0.3, -0.25) is 9.59 Å². The number of hydrogen-bond donors (Lipinski definition) is 1. The number of amides is 2. The molecule has 1 heterocycles. The number of aromatic nitrogens is 1. The van der Waals surface area contributed by atoms with Gasteiger partial charge < -0.3 is 14.7 Å². The quantitative estimate of drug-likeness (QED) is 0.608. The molecule has 2 aromatic carbocycles. The van der Waals surface area contributed by atoms with E-state index < -0.39 is 5.82 Å². The monoisotopic (exact) mass is 409 g/mol. The van der Waals surface area contributed by atoms with Gasteiger partial charge in [-0.2, -0.15) is 0 Å². The van der Waals surface area contributed by atoms with E-state index in [4.69, 9.17) is 4.52 Å². The smallest absolute Gasteiger partial charge is 0.273 e. The largest absolute Gasteiger partial charge is 0.359 e. The van der Waals surface area contributed by atoms with E-state index in [2.05, 4.69) is 10.5 Å². The summed E-state index contributed by atoms with van der Waals surface area (Å²) in [5.41, 5.74) is 2.68. The maximum absolute atomic E-state index is 13.1. The van der Waals surface area contributed by atoms with Crippen LogP contribution in [0.4, 0.5) is 4.39 Å². The molecule has 3 rings (SSSR count). The summed E-state index contributed by atoms with van der Waals surface area (Å²) in [6.45, 7) is 5.00. The van der Waals surface area contributed by atoms with Gasteiger partial charge in [0.25, 0.3) is 11.8 Å². The molecule has 0 aliphatic carbocycles. The highest BCUT2D eigenvalue weighted by Gasteiger charge is 2.19. The summed E-state index contributed by atoms with van der Waals surface area (Å²) >= 11 is 0. The van der Waals surface area contributed by atoms with E-state index in [1.165, 1.54) is 30.3 Å². The number of aryl methyl sites for hydroxylation is 1. The molecule has 2 amide bonds. The van der Waals surface area contributed by atoms with Crippen LogP contribution in [0.3, 0.4) is 0 Å². The first-order valence-corrected chi connectivity index (χ1v) is 9.80. The zero-order valence-electron chi connectivity index (χ0n) is 17.0. The Balaban J connectivity index is 1.62. The number of halogens is 1. The second-order valence-corrected chi connectivity index (χ2v) is 7.08. The third-order valence-corrected chi connectivity index (χ3v) is 4.58. The maximum atomic E-state index is 13.1. The van der Waals surface area contributed by atoms with Gasteiger partial charge in [-0.25, -0.2) is 4.39 Å². The van der Waals surface area contributed by atoms with Crippen LogP contribution in [0.1, 0.15) is 51.1 Å². The molecule has 0 spiro atoms. The molecule has 0 aliphatic rings. The molecule has 6 nitrogen and oxygen atoms in total. The van der Waals surface area contributed by atoms with E-state index in [0.717, 1.165) is 17.5 Å². The molecule has 0 saturated heterocycles. The van der Waals surface area contributed by atoms with Crippen molar-refractivity contribution in [1.29, 1.82) is 0 Å². The van der Waals surface area contributed by atoms with Gasteiger partial charge in [0.05, 0.1) is 6.54 Å². The van der Waals surface area contributed by atoms with Gasteiger partial charge in [0, 0.05) is 24.7 Å². The van der Waals surface area contributed by atoms with E-state index in [1.54, 1.807) is 4.90 Å². The molecular formula is C23H24FN3O3. The van der Waals surface area contributed by atoms with Crippen LogP contribution in [0.5, 0.6) is 0 Å². The summed E-state index contributed by atoms with van der Waals surface area (Å²) in [5, 5.41) is 6.63. The molecule has 0 fully saturated rings. The summed E-state index contributed by atoms with van der Waals surface area (Å²) < 4.78 is 18.4. The number of benzene rings is 2. The van der Waals surface area contributed by atoms with Gasteiger partial charge in [-0.05, 0) is 43.2 Å². The topological polar surface area (TPSA) is 75.4 Å². The second kappa shape index (κ2) is 9.82. The van der Waals surface area contributed by atoms with Gasteiger partial charge >= 0.3 is 0 Å². The minimum atomic E-state index is -0.398. The Morgan fingerprint density at radius 1 is 1.10 bits per heavy atom. The lowest BCUT2D eigenvalue weighted by Crippen LogP contribution is -2.31. The predicted octanol–water partition coefficient (Wildman–Crippen LogP) is 4.10. The highest BCUT2D eigenvalue weighted by Crippen LogP contribution is 2.13. The summed E-state index contributed by atoms with van der Waals surface area (Å²) in [7, 11) is 0. The fraction of sp³-hybridized carbons (Fsp3) is 0.261. The Kier molecular flexibility index (Phi) is 6.95. The van der Waals surface area contributed by atoms with Crippen molar-refractivity contribution >= 4 is 11.8 Å². The highest BCUT2D eigenvalue weighted by molar-refractivity contribution is 5.94. The van der Waals surface area contributed by atoms with Gasteiger partial charge in [0.2, 0.25) is 0 Å². The molecule has 156 valence electrons. The van der Waals surface area contributed by atoms with E-state index in [9.17, 15) is 14.0 Å². The summed E-state index contributed by atoms with van der Waals surface area (Å²) in [4.78, 5) is 26.7. The summed E-state index contributed by atoms with van der Waals surface area (Å²) in [5.74, 6) is -0.583. The Bertz CT molecular complexity index is 997. The molecule has 0 aliphatic heterocycles. The molecule has 3 aromatic rings. The van der Waals surface area contributed by atoms with Crippen molar-refractivity contribution < 1.29 is 18.5 Å². The number of carbonyl (C=O) groups excluding carboxylic acids is 2. The van der Waals surface area contributed by atoms with Crippen LogP contribution in [0.2, 0.25) is 0 Å². The summed E-state index contributed by atoms with van der Waals surface area (Å²) in [6, 6.07) is 14.8. The van der Waals surface area contributed by atoms with E-state index in [1.807, 2.05) is 38.1 Å². The first-order valence-electron chi connectivity index (χ1n) is 9.80. The van der Waals surface area contributed by atoms with Crippen molar-refractivity contribution in [2.24, 2.45) is 0 Å². The van der Waals surface area contributed by atoms with Gasteiger partial charge in [-0.15, -0.1) is 0 Å². The fourth-order valence-corrected chi connectivity index (χ4v) is 2.96. The van der Waals surface area contributed by atoms with Crippen LogP contribution in [0, 0.1) is 12.7 Å². The lowest BCUT2D eigenvalue weighted by atomic mass is 10.1. The molecule has 0 unspecified atom stereocenters. The number of carbonyl (C=O) groups is 2. The molecule has 30 heavy (non-hydrogen) atoms. The number of nitrogens with zero attached hydrogens (tertiary/aromatic N) is 2. The fourth-order valence-electron chi connectivity index (χ4n) is 2.96. The number of nitrogens with one attached hydrogen (secondary N) is 1. The van der Waals surface area contributed by atoms with E-state index in [-0.39, 0.29) is 24.1 Å².